The second-order valence-electron chi connectivity index (χ2n) is 9.40. The summed E-state index contributed by atoms with van der Waals surface area (Å²) >= 11 is 0. The summed E-state index contributed by atoms with van der Waals surface area (Å²) in [6.07, 6.45) is 2.89. The Morgan fingerprint density at radius 3 is 2.29 bits per heavy atom. The number of nitrogens with zero attached hydrogens (tertiary/aromatic N) is 2. The molecule has 0 aromatic heterocycles. The summed E-state index contributed by atoms with van der Waals surface area (Å²) in [5.41, 5.74) is -0.801. The molecule has 0 radical (unpaired) electrons. The summed E-state index contributed by atoms with van der Waals surface area (Å²) in [5, 5.41) is 16.4. The van der Waals surface area contributed by atoms with Gasteiger partial charge in [0.05, 0.1) is 7.11 Å². The standard InChI is InChI=1S/C21H36N4O6/c1-21(2,3)25(20(29)30)16(13-8-6-7-9-13)18(27)23-15(19(28)24(4)31-5)12-14-10-11-22-17(14)26/h13-16H,6-12H2,1-5H3,(H,22,26)(H,23,27)(H,29,30)/t14?,15-,16-/m0/s1. The van der Waals surface area contributed by atoms with E-state index in [9.17, 15) is 24.3 Å². The molecule has 1 aliphatic carbocycles. The number of hydroxylamine groups is 2. The predicted molar refractivity (Wildman–Crippen MR) is 113 cm³/mol. The van der Waals surface area contributed by atoms with Crippen LogP contribution in [0.2, 0.25) is 0 Å². The van der Waals surface area contributed by atoms with Gasteiger partial charge in [-0.1, -0.05) is 12.8 Å². The monoisotopic (exact) mass is 440 g/mol. The van der Waals surface area contributed by atoms with Crippen LogP contribution < -0.4 is 10.6 Å². The van der Waals surface area contributed by atoms with Crippen molar-refractivity contribution in [1.29, 1.82) is 0 Å². The quantitative estimate of drug-likeness (QED) is 0.489. The molecule has 1 saturated heterocycles. The highest BCUT2D eigenvalue weighted by Crippen LogP contribution is 2.34. The number of carbonyl (C=O) groups excluding carboxylic acids is 3. The average Bonchev–Trinajstić information content (AvgIpc) is 3.34. The van der Waals surface area contributed by atoms with Crippen LogP contribution in [0, 0.1) is 11.8 Å². The molecule has 2 aliphatic rings. The van der Waals surface area contributed by atoms with Gasteiger partial charge in [0.15, 0.2) is 0 Å². The van der Waals surface area contributed by atoms with Crippen LogP contribution in [0.15, 0.2) is 0 Å². The molecule has 0 spiro atoms. The summed E-state index contributed by atoms with van der Waals surface area (Å²) in [6, 6.07) is -1.91. The zero-order chi connectivity index (χ0) is 23.3. The van der Waals surface area contributed by atoms with Gasteiger partial charge in [0, 0.05) is 25.0 Å². The van der Waals surface area contributed by atoms with Crippen LogP contribution in [0.3, 0.4) is 0 Å². The third-order valence-electron chi connectivity index (χ3n) is 6.20. The van der Waals surface area contributed by atoms with Gasteiger partial charge in [0.25, 0.3) is 5.91 Å². The molecule has 0 aromatic rings. The van der Waals surface area contributed by atoms with E-state index >= 15 is 0 Å². The number of carboxylic acid groups (broad SMARTS) is 1. The number of hydrogen-bond acceptors (Lipinski definition) is 5. The molecule has 31 heavy (non-hydrogen) atoms. The molecule has 2 rings (SSSR count). The van der Waals surface area contributed by atoms with Crippen molar-refractivity contribution in [2.24, 2.45) is 11.8 Å². The molecule has 0 aromatic carbocycles. The lowest BCUT2D eigenvalue weighted by atomic mass is 9.91. The molecule has 3 atom stereocenters. The van der Waals surface area contributed by atoms with E-state index < -0.39 is 41.4 Å². The molecule has 1 aliphatic heterocycles. The van der Waals surface area contributed by atoms with Gasteiger partial charge in [-0.2, -0.15) is 0 Å². The third kappa shape index (κ3) is 6.09. The zero-order valence-corrected chi connectivity index (χ0v) is 19.1. The van der Waals surface area contributed by atoms with Gasteiger partial charge in [-0.3, -0.25) is 24.1 Å². The topological polar surface area (TPSA) is 128 Å². The predicted octanol–water partition coefficient (Wildman–Crippen LogP) is 1.35. The second-order valence-corrected chi connectivity index (χ2v) is 9.40. The molecule has 1 saturated carbocycles. The summed E-state index contributed by atoms with van der Waals surface area (Å²) in [6.45, 7) is 5.78. The smallest absolute Gasteiger partial charge is 0.408 e. The Kier molecular flexibility index (Phi) is 8.27. The van der Waals surface area contributed by atoms with Gasteiger partial charge in [-0.25, -0.2) is 9.86 Å². The Labute approximate surface area is 183 Å². The highest BCUT2D eigenvalue weighted by molar-refractivity contribution is 5.92. The first-order valence-corrected chi connectivity index (χ1v) is 10.9. The van der Waals surface area contributed by atoms with E-state index in [4.69, 9.17) is 4.84 Å². The van der Waals surface area contributed by atoms with E-state index in [0.29, 0.717) is 13.0 Å². The van der Waals surface area contributed by atoms with Crippen LogP contribution >= 0.6 is 0 Å². The molecule has 1 unspecified atom stereocenters. The first-order valence-electron chi connectivity index (χ1n) is 10.9. The molecule has 1 heterocycles. The van der Waals surface area contributed by atoms with E-state index in [1.165, 1.54) is 19.1 Å². The van der Waals surface area contributed by atoms with Gasteiger partial charge >= 0.3 is 6.09 Å². The van der Waals surface area contributed by atoms with Crippen molar-refractivity contribution in [1.82, 2.24) is 20.6 Å². The lowest BCUT2D eigenvalue weighted by Crippen LogP contribution is -2.61. The maximum atomic E-state index is 13.5. The Bertz CT molecular complexity index is 686. The van der Waals surface area contributed by atoms with E-state index in [-0.39, 0.29) is 18.2 Å². The van der Waals surface area contributed by atoms with Crippen molar-refractivity contribution in [3.8, 4) is 0 Å². The van der Waals surface area contributed by atoms with Crippen molar-refractivity contribution in [2.75, 3.05) is 20.7 Å². The minimum absolute atomic E-state index is 0.124. The summed E-state index contributed by atoms with van der Waals surface area (Å²) < 4.78 is 0. The largest absolute Gasteiger partial charge is 0.465 e. The van der Waals surface area contributed by atoms with Gasteiger partial charge in [0.2, 0.25) is 11.8 Å². The fraction of sp³-hybridized carbons (Fsp3) is 0.810. The van der Waals surface area contributed by atoms with E-state index in [1.807, 2.05) is 0 Å². The Hall–Kier alpha value is -2.36. The Balaban J connectivity index is 2.31. The summed E-state index contributed by atoms with van der Waals surface area (Å²) in [7, 11) is 2.77. The molecular formula is C21H36N4O6. The van der Waals surface area contributed by atoms with Gasteiger partial charge in [-0.15, -0.1) is 0 Å². The number of amides is 4. The van der Waals surface area contributed by atoms with Gasteiger partial charge in [0.1, 0.15) is 12.1 Å². The minimum atomic E-state index is -1.17. The van der Waals surface area contributed by atoms with E-state index in [0.717, 1.165) is 30.7 Å². The van der Waals surface area contributed by atoms with E-state index in [1.54, 1.807) is 20.8 Å². The highest BCUT2D eigenvalue weighted by atomic mass is 16.7. The zero-order valence-electron chi connectivity index (χ0n) is 19.1. The molecule has 3 N–H and O–H groups in total. The molecule has 176 valence electrons. The van der Waals surface area contributed by atoms with Crippen molar-refractivity contribution in [3.63, 3.8) is 0 Å². The summed E-state index contributed by atoms with van der Waals surface area (Å²) in [5.74, 6) is -1.67. The minimum Gasteiger partial charge on any atom is -0.465 e. The molecular weight excluding hydrogens is 404 g/mol. The highest BCUT2D eigenvalue weighted by Gasteiger charge is 2.44. The number of carbonyl (C=O) groups is 4. The van der Waals surface area contributed by atoms with Crippen LogP contribution in [-0.2, 0) is 19.2 Å². The summed E-state index contributed by atoms with van der Waals surface area (Å²) in [4.78, 5) is 56.7. The SMILES string of the molecule is CON(C)C(=O)[C@H](CC1CCNC1=O)NC(=O)[C@H](C1CCCC1)N(C(=O)O)C(C)(C)C. The molecule has 4 amide bonds. The van der Waals surface area contributed by atoms with Gasteiger partial charge in [-0.05, 0) is 52.4 Å². The van der Waals surface area contributed by atoms with Crippen LogP contribution in [-0.4, -0.2) is 77.2 Å². The average molecular weight is 441 g/mol. The molecule has 10 nitrogen and oxygen atoms in total. The van der Waals surface area contributed by atoms with E-state index in [2.05, 4.69) is 10.6 Å². The van der Waals surface area contributed by atoms with Crippen molar-refractivity contribution >= 4 is 23.8 Å². The molecule has 2 fully saturated rings. The van der Waals surface area contributed by atoms with Crippen LogP contribution in [0.25, 0.3) is 0 Å². The van der Waals surface area contributed by atoms with Crippen molar-refractivity contribution < 1.29 is 29.1 Å². The normalized spacial score (nSPS) is 21.3. The lowest BCUT2D eigenvalue weighted by molar-refractivity contribution is -0.172. The van der Waals surface area contributed by atoms with Crippen LogP contribution in [0.5, 0.6) is 0 Å². The van der Waals surface area contributed by atoms with Crippen molar-refractivity contribution in [2.45, 2.75) is 76.9 Å². The van der Waals surface area contributed by atoms with Crippen LogP contribution in [0.1, 0.15) is 59.3 Å². The lowest BCUT2D eigenvalue weighted by Gasteiger charge is -2.41. The fourth-order valence-corrected chi connectivity index (χ4v) is 4.58. The number of hydrogen-bond donors (Lipinski definition) is 3. The van der Waals surface area contributed by atoms with Gasteiger partial charge < -0.3 is 15.7 Å². The number of likely N-dealkylation sites (N-methyl/N-ethyl adjacent to an activating group) is 1. The maximum Gasteiger partial charge on any atom is 0.408 e. The second kappa shape index (κ2) is 10.3. The van der Waals surface area contributed by atoms with Crippen LogP contribution in [0.4, 0.5) is 4.79 Å². The Morgan fingerprint density at radius 1 is 1.23 bits per heavy atom. The number of nitrogens with one attached hydrogen (secondary N) is 2. The number of rotatable bonds is 8. The fourth-order valence-electron chi connectivity index (χ4n) is 4.58. The third-order valence-corrected chi connectivity index (χ3v) is 6.20. The molecule has 0 bridgehead atoms. The van der Waals surface area contributed by atoms with Crippen molar-refractivity contribution in [3.05, 3.63) is 0 Å². The first-order chi connectivity index (χ1) is 14.5. The maximum absolute atomic E-state index is 13.5. The molecule has 10 heteroatoms. The first kappa shape index (κ1) is 24.9. The Morgan fingerprint density at radius 2 is 1.84 bits per heavy atom.